The summed E-state index contributed by atoms with van der Waals surface area (Å²) < 4.78 is 42.8. The van der Waals surface area contributed by atoms with Gasteiger partial charge in [-0.25, -0.2) is 4.79 Å². The molecule has 132 valence electrons. The molecule has 0 fully saturated rings. The minimum Gasteiger partial charge on any atom is -0.444 e. The van der Waals surface area contributed by atoms with Gasteiger partial charge >= 0.3 is 12.3 Å². The number of rotatable bonds is 3. The molecule has 0 heterocycles. The number of fused-ring (bicyclic) bond motifs is 1. The number of alkyl carbamates (subject to hydrolysis) is 1. The van der Waals surface area contributed by atoms with Gasteiger partial charge in [-0.2, -0.15) is 13.2 Å². The molecule has 1 aromatic carbocycles. The zero-order valence-corrected chi connectivity index (χ0v) is 13.8. The van der Waals surface area contributed by atoms with Crippen LogP contribution in [0.25, 0.3) is 6.08 Å². The lowest BCUT2D eigenvalue weighted by atomic mass is 9.89. The third-order valence-electron chi connectivity index (χ3n) is 3.38. The molecule has 0 radical (unpaired) electrons. The molecule has 2 N–H and O–H groups in total. The van der Waals surface area contributed by atoms with Crippen molar-refractivity contribution >= 4 is 12.2 Å². The third-order valence-corrected chi connectivity index (χ3v) is 3.38. The van der Waals surface area contributed by atoms with Gasteiger partial charge in [0.25, 0.3) is 0 Å². The van der Waals surface area contributed by atoms with Crippen LogP contribution >= 0.6 is 0 Å². The number of carbonyl (C=O) groups excluding carboxylic acids is 1. The second-order valence-corrected chi connectivity index (χ2v) is 6.63. The zero-order valence-electron chi connectivity index (χ0n) is 13.8. The van der Waals surface area contributed by atoms with E-state index in [2.05, 4.69) is 10.6 Å². The first-order valence-electron chi connectivity index (χ1n) is 7.62. The first kappa shape index (κ1) is 18.3. The van der Waals surface area contributed by atoms with Gasteiger partial charge in [0.1, 0.15) is 5.60 Å². The summed E-state index contributed by atoms with van der Waals surface area (Å²) in [4.78, 5) is 12.1. The van der Waals surface area contributed by atoms with E-state index in [1.54, 1.807) is 45.1 Å². The van der Waals surface area contributed by atoms with Crippen LogP contribution < -0.4 is 10.6 Å². The highest BCUT2D eigenvalue weighted by Gasteiger charge is 2.33. The Labute approximate surface area is 139 Å². The minimum atomic E-state index is -4.33. The maximum Gasteiger partial charge on any atom is 0.408 e. The smallest absolute Gasteiger partial charge is 0.408 e. The molecule has 0 spiro atoms. The average molecular weight is 342 g/mol. The minimum absolute atomic E-state index is 0.650. The van der Waals surface area contributed by atoms with E-state index >= 15 is 0 Å². The number of hydrogen-bond donors (Lipinski definition) is 2. The molecule has 7 heteroatoms. The highest BCUT2D eigenvalue weighted by Crippen LogP contribution is 2.29. The van der Waals surface area contributed by atoms with Crippen molar-refractivity contribution in [2.45, 2.75) is 44.6 Å². The Morgan fingerprint density at radius 2 is 1.88 bits per heavy atom. The van der Waals surface area contributed by atoms with E-state index in [0.29, 0.717) is 0 Å². The van der Waals surface area contributed by atoms with Crippen LogP contribution in [-0.2, 0) is 4.74 Å². The van der Waals surface area contributed by atoms with E-state index in [4.69, 9.17) is 4.74 Å². The Morgan fingerprint density at radius 3 is 2.50 bits per heavy atom. The predicted molar refractivity (Wildman–Crippen MR) is 85.4 cm³/mol. The van der Waals surface area contributed by atoms with E-state index in [1.165, 1.54) is 0 Å². The second-order valence-electron chi connectivity index (χ2n) is 6.63. The van der Waals surface area contributed by atoms with E-state index < -0.39 is 36.5 Å². The largest absolute Gasteiger partial charge is 0.444 e. The fourth-order valence-corrected chi connectivity index (χ4v) is 2.48. The normalized spacial score (nSPS) is 20.4. The monoisotopic (exact) mass is 342 g/mol. The Bertz CT molecular complexity index is 621. The number of nitrogens with one attached hydrogen (secondary N) is 2. The van der Waals surface area contributed by atoms with E-state index in [0.717, 1.165) is 11.1 Å². The summed E-state index contributed by atoms with van der Waals surface area (Å²) in [6.07, 6.45) is -1.63. The summed E-state index contributed by atoms with van der Waals surface area (Å²) in [6.45, 7) is 4.03. The summed E-state index contributed by atoms with van der Waals surface area (Å²) in [5.41, 5.74) is 0.900. The highest BCUT2D eigenvalue weighted by molar-refractivity contribution is 5.70. The van der Waals surface area contributed by atoms with Crippen molar-refractivity contribution < 1.29 is 22.7 Å². The summed E-state index contributed by atoms with van der Waals surface area (Å²) in [7, 11) is 0. The molecule has 0 saturated carbocycles. The van der Waals surface area contributed by atoms with Crippen LogP contribution in [0.2, 0.25) is 0 Å². The van der Waals surface area contributed by atoms with Gasteiger partial charge in [-0.1, -0.05) is 36.4 Å². The van der Waals surface area contributed by atoms with Gasteiger partial charge < -0.3 is 15.4 Å². The van der Waals surface area contributed by atoms with Gasteiger partial charge in [-0.05, 0) is 31.9 Å². The van der Waals surface area contributed by atoms with Crippen LogP contribution in [0, 0.1) is 0 Å². The fourth-order valence-electron chi connectivity index (χ4n) is 2.48. The van der Waals surface area contributed by atoms with Crippen LogP contribution in [0.3, 0.4) is 0 Å². The fraction of sp³-hybridized carbons (Fsp3) is 0.471. The molecule has 0 aromatic heterocycles. The molecule has 0 bridgehead atoms. The molecule has 24 heavy (non-hydrogen) atoms. The lowest BCUT2D eigenvalue weighted by Crippen LogP contribution is -2.47. The van der Waals surface area contributed by atoms with Crippen molar-refractivity contribution in [2.24, 2.45) is 0 Å². The van der Waals surface area contributed by atoms with Gasteiger partial charge in [0, 0.05) is 0 Å². The summed E-state index contributed by atoms with van der Waals surface area (Å²) in [5.74, 6) is 0. The van der Waals surface area contributed by atoms with Crippen LogP contribution in [0.1, 0.15) is 37.9 Å². The molecular formula is C17H21F3N2O2. The molecule has 0 saturated heterocycles. The van der Waals surface area contributed by atoms with Crippen molar-refractivity contribution in [3.8, 4) is 0 Å². The first-order valence-corrected chi connectivity index (χ1v) is 7.62. The molecule has 1 aliphatic rings. The molecule has 0 unspecified atom stereocenters. The van der Waals surface area contributed by atoms with Crippen LogP contribution in [0.4, 0.5) is 18.0 Å². The SMILES string of the molecule is CC(C)(C)OC(=O)N[C@H]1c2ccccc2C=C[C@@H]1NCC(F)(F)F. The van der Waals surface area contributed by atoms with Gasteiger partial charge in [-0.3, -0.25) is 0 Å². The Hall–Kier alpha value is -2.02. The van der Waals surface area contributed by atoms with Gasteiger partial charge in [-0.15, -0.1) is 0 Å². The molecule has 1 aliphatic carbocycles. The maximum atomic E-state index is 12.5. The van der Waals surface area contributed by atoms with Crippen molar-refractivity contribution in [3.63, 3.8) is 0 Å². The van der Waals surface area contributed by atoms with Gasteiger partial charge in [0.2, 0.25) is 0 Å². The molecule has 2 atom stereocenters. The maximum absolute atomic E-state index is 12.5. The summed E-state index contributed by atoms with van der Waals surface area (Å²) >= 11 is 0. The van der Waals surface area contributed by atoms with Crippen molar-refractivity contribution in [2.75, 3.05) is 6.54 Å². The predicted octanol–water partition coefficient (Wildman–Crippen LogP) is 3.80. The van der Waals surface area contributed by atoms with Crippen molar-refractivity contribution in [3.05, 3.63) is 41.5 Å². The van der Waals surface area contributed by atoms with Gasteiger partial charge in [0.05, 0.1) is 18.6 Å². The number of halogens is 3. The summed E-state index contributed by atoms with van der Waals surface area (Å²) in [6, 6.07) is 5.90. The van der Waals surface area contributed by atoms with E-state index in [9.17, 15) is 18.0 Å². The number of amides is 1. The van der Waals surface area contributed by atoms with Gasteiger partial charge in [0.15, 0.2) is 0 Å². The topological polar surface area (TPSA) is 50.4 Å². The molecule has 4 nitrogen and oxygen atoms in total. The lowest BCUT2D eigenvalue weighted by molar-refractivity contribution is -0.125. The average Bonchev–Trinajstić information content (AvgIpc) is 2.43. The lowest BCUT2D eigenvalue weighted by Gasteiger charge is -2.32. The quantitative estimate of drug-likeness (QED) is 0.878. The number of alkyl halides is 3. The van der Waals surface area contributed by atoms with E-state index in [1.807, 2.05) is 12.1 Å². The zero-order chi connectivity index (χ0) is 18.0. The second kappa shape index (κ2) is 6.84. The van der Waals surface area contributed by atoms with Crippen LogP contribution in [-0.4, -0.2) is 30.5 Å². The van der Waals surface area contributed by atoms with Crippen LogP contribution in [0.5, 0.6) is 0 Å². The van der Waals surface area contributed by atoms with Crippen molar-refractivity contribution in [1.29, 1.82) is 0 Å². The highest BCUT2D eigenvalue weighted by atomic mass is 19.4. The Kier molecular flexibility index (Phi) is 5.22. The third kappa shape index (κ3) is 5.26. The molecule has 2 rings (SSSR count). The standard InChI is InChI=1S/C17H21F3N2O2/c1-16(2,3)24-15(23)22-14-12-7-5-4-6-11(12)8-9-13(14)21-10-17(18,19)20/h4-9,13-14,21H,10H2,1-3H3,(H,22,23)/t13-,14-/m0/s1. The van der Waals surface area contributed by atoms with Crippen molar-refractivity contribution in [1.82, 2.24) is 10.6 Å². The molecule has 1 aromatic rings. The number of benzene rings is 1. The Balaban J connectivity index is 2.19. The first-order chi connectivity index (χ1) is 11.1. The van der Waals surface area contributed by atoms with Crippen LogP contribution in [0.15, 0.2) is 30.3 Å². The molecule has 1 amide bonds. The molecular weight excluding hydrogens is 321 g/mol. The summed E-state index contributed by atoms with van der Waals surface area (Å²) in [5, 5.41) is 5.11. The molecule has 0 aliphatic heterocycles. The number of hydrogen-bond acceptors (Lipinski definition) is 3. The number of ether oxygens (including phenoxy) is 1. The Morgan fingerprint density at radius 1 is 1.21 bits per heavy atom. The number of carbonyl (C=O) groups is 1. The van der Waals surface area contributed by atoms with E-state index in [-0.39, 0.29) is 0 Å².